The third-order valence-electron chi connectivity index (χ3n) is 8.65. The van der Waals surface area contributed by atoms with Crippen LogP contribution in [0.25, 0.3) is 0 Å². The molecule has 0 fully saturated rings. The van der Waals surface area contributed by atoms with E-state index in [0.717, 1.165) is 44.4 Å². The Morgan fingerprint density at radius 3 is 1.43 bits per heavy atom. The molecule has 0 radical (unpaired) electrons. The molecule has 0 rings (SSSR count). The maximum absolute atomic E-state index is 10.8. The normalized spacial score (nSPS) is 13.4. The molecule has 2 atom stereocenters. The highest BCUT2D eigenvalue weighted by atomic mass is 16.4. The summed E-state index contributed by atoms with van der Waals surface area (Å²) in [6.45, 7) is 7.07. The van der Waals surface area contributed by atoms with Gasteiger partial charge in [-0.25, -0.2) is 0 Å². The van der Waals surface area contributed by atoms with E-state index in [9.17, 15) is 9.59 Å². The summed E-state index contributed by atoms with van der Waals surface area (Å²) in [5, 5.41) is 17.8. The lowest BCUT2D eigenvalue weighted by Crippen LogP contribution is -2.15. The van der Waals surface area contributed by atoms with E-state index in [-0.39, 0.29) is 0 Å². The fourth-order valence-corrected chi connectivity index (χ4v) is 6.06. The largest absolute Gasteiger partial charge is 0.481 e. The van der Waals surface area contributed by atoms with E-state index in [2.05, 4.69) is 26.8 Å². The number of allylic oxidation sites excluding steroid dienone is 2. The Morgan fingerprint density at radius 2 is 0.925 bits per heavy atom. The van der Waals surface area contributed by atoms with E-state index in [1.165, 1.54) is 122 Å². The van der Waals surface area contributed by atoms with Crippen LogP contribution in [0.5, 0.6) is 0 Å². The molecule has 0 aliphatic rings. The van der Waals surface area contributed by atoms with Gasteiger partial charge in [-0.15, -0.1) is 0 Å². The van der Waals surface area contributed by atoms with Crippen LogP contribution in [0.2, 0.25) is 0 Å². The van der Waals surface area contributed by atoms with Gasteiger partial charge in [-0.2, -0.15) is 0 Å². The van der Waals surface area contributed by atoms with Crippen LogP contribution in [0.15, 0.2) is 11.6 Å². The summed E-state index contributed by atoms with van der Waals surface area (Å²) in [6, 6.07) is 0. The molecular formula is C36H68O4. The number of aliphatic carboxylic acids is 2. The third-order valence-corrected chi connectivity index (χ3v) is 8.65. The van der Waals surface area contributed by atoms with Crippen LogP contribution in [0, 0.1) is 11.8 Å². The fraction of sp³-hybridized carbons (Fsp3) is 0.889. The Kier molecular flexibility index (Phi) is 28.2. The van der Waals surface area contributed by atoms with Gasteiger partial charge in [-0.05, 0) is 56.8 Å². The predicted octanol–water partition coefficient (Wildman–Crippen LogP) is 11.9. The third kappa shape index (κ3) is 25.6. The summed E-state index contributed by atoms with van der Waals surface area (Å²) in [5.74, 6) is 0.0560. The molecule has 0 aromatic carbocycles. The van der Waals surface area contributed by atoms with Gasteiger partial charge in [0.25, 0.3) is 0 Å². The van der Waals surface area contributed by atoms with Crippen LogP contribution in [-0.4, -0.2) is 22.2 Å². The summed E-state index contributed by atoms with van der Waals surface area (Å²) >= 11 is 0. The topological polar surface area (TPSA) is 74.6 Å². The van der Waals surface area contributed by atoms with Gasteiger partial charge in [-0.3, -0.25) is 9.59 Å². The summed E-state index contributed by atoms with van der Waals surface area (Å²) in [6.07, 6.45) is 33.9. The van der Waals surface area contributed by atoms with Gasteiger partial charge >= 0.3 is 11.9 Å². The molecule has 0 saturated heterocycles. The minimum atomic E-state index is -0.673. The van der Waals surface area contributed by atoms with Crippen molar-refractivity contribution in [3.63, 3.8) is 0 Å². The van der Waals surface area contributed by atoms with Gasteiger partial charge in [0.2, 0.25) is 0 Å². The quantitative estimate of drug-likeness (QED) is 0.0648. The fourth-order valence-electron chi connectivity index (χ4n) is 6.06. The van der Waals surface area contributed by atoms with Crippen molar-refractivity contribution >= 4 is 11.9 Å². The zero-order valence-corrected chi connectivity index (χ0v) is 27.0. The minimum Gasteiger partial charge on any atom is -0.481 e. The lowest BCUT2D eigenvalue weighted by molar-refractivity contribution is -0.138. The molecule has 0 aromatic heterocycles. The number of unbranched alkanes of at least 4 members (excludes halogenated alkanes) is 18. The van der Waals surface area contributed by atoms with E-state index in [4.69, 9.17) is 10.2 Å². The van der Waals surface area contributed by atoms with Crippen molar-refractivity contribution in [1.82, 2.24) is 0 Å². The van der Waals surface area contributed by atoms with Gasteiger partial charge in [0.05, 0.1) is 0 Å². The van der Waals surface area contributed by atoms with Crippen molar-refractivity contribution in [3.8, 4) is 0 Å². The molecule has 0 spiro atoms. The van der Waals surface area contributed by atoms with Gasteiger partial charge < -0.3 is 10.2 Å². The number of carboxylic acids is 2. The highest BCUT2D eigenvalue weighted by molar-refractivity contribution is 5.66. The molecule has 4 heteroatoms. The molecule has 2 unspecified atom stereocenters. The highest BCUT2D eigenvalue weighted by Gasteiger charge is 2.21. The summed E-state index contributed by atoms with van der Waals surface area (Å²) in [7, 11) is 0. The first-order valence-corrected chi connectivity index (χ1v) is 17.5. The Labute approximate surface area is 249 Å². The van der Waals surface area contributed by atoms with E-state index in [1.807, 2.05) is 0 Å². The molecule has 0 aliphatic carbocycles. The van der Waals surface area contributed by atoms with E-state index in [0.29, 0.717) is 18.8 Å². The maximum atomic E-state index is 10.8. The minimum absolute atomic E-state index is 0.303. The second-order valence-electron chi connectivity index (χ2n) is 12.5. The van der Waals surface area contributed by atoms with Crippen molar-refractivity contribution in [2.24, 2.45) is 11.8 Å². The maximum Gasteiger partial charge on any atom is 0.303 e. The molecule has 0 aromatic rings. The Hall–Kier alpha value is -1.32. The molecule has 4 nitrogen and oxygen atoms in total. The molecule has 236 valence electrons. The van der Waals surface area contributed by atoms with Crippen LogP contribution in [0.1, 0.15) is 194 Å². The van der Waals surface area contributed by atoms with Gasteiger partial charge in [-0.1, -0.05) is 148 Å². The van der Waals surface area contributed by atoms with Crippen LogP contribution in [0.3, 0.4) is 0 Å². The molecule has 0 bridgehead atoms. The molecule has 2 N–H and O–H groups in total. The lowest BCUT2D eigenvalue weighted by Gasteiger charge is -2.28. The van der Waals surface area contributed by atoms with E-state index < -0.39 is 11.9 Å². The lowest BCUT2D eigenvalue weighted by atomic mass is 9.78. The molecule has 0 aliphatic heterocycles. The second kappa shape index (κ2) is 29.2. The first kappa shape index (κ1) is 38.7. The second-order valence-corrected chi connectivity index (χ2v) is 12.5. The number of carboxylic acid groups (broad SMARTS) is 2. The van der Waals surface area contributed by atoms with Crippen LogP contribution < -0.4 is 0 Å². The van der Waals surface area contributed by atoms with Crippen molar-refractivity contribution < 1.29 is 19.8 Å². The Bertz CT molecular complexity index is 612. The molecule has 40 heavy (non-hydrogen) atoms. The predicted molar refractivity (Wildman–Crippen MR) is 172 cm³/mol. The van der Waals surface area contributed by atoms with Gasteiger partial charge in [0.15, 0.2) is 0 Å². The number of hydrogen-bond acceptors (Lipinski definition) is 2. The van der Waals surface area contributed by atoms with Crippen molar-refractivity contribution in [3.05, 3.63) is 11.6 Å². The number of hydrogen-bond donors (Lipinski definition) is 2. The average Bonchev–Trinajstić information content (AvgIpc) is 2.92. The molecule has 0 heterocycles. The van der Waals surface area contributed by atoms with Crippen molar-refractivity contribution in [1.29, 1.82) is 0 Å². The van der Waals surface area contributed by atoms with Gasteiger partial charge in [0.1, 0.15) is 0 Å². The number of carbonyl (C=O) groups is 2. The Morgan fingerprint density at radius 1 is 0.525 bits per heavy atom. The Balaban J connectivity index is 5.07. The standard InChI is InChI=1S/C36H68O4/c1-4-6-8-10-11-15-21-27-33(28-22-16-12-18-24-30-35(37)38)34(32(3)26-20-14-9-7-5-2)29-23-17-13-19-25-31-36(39)40/h27,32,34H,4-26,28-31H2,1-3H3,(H,37,38)(H,39,40)/b33-27-. The zero-order chi connectivity index (χ0) is 29.7. The van der Waals surface area contributed by atoms with Gasteiger partial charge in [0, 0.05) is 12.8 Å². The first-order chi connectivity index (χ1) is 19.4. The first-order valence-electron chi connectivity index (χ1n) is 17.5. The zero-order valence-electron chi connectivity index (χ0n) is 27.0. The van der Waals surface area contributed by atoms with E-state index >= 15 is 0 Å². The SMILES string of the molecule is CCCCCCCC/C=C(/CCCCCCCC(=O)O)C(CCCCCCCC(=O)O)C(C)CCCCCCC. The molecule has 0 saturated carbocycles. The highest BCUT2D eigenvalue weighted by Crippen LogP contribution is 2.34. The van der Waals surface area contributed by atoms with Crippen molar-refractivity contribution in [2.75, 3.05) is 0 Å². The van der Waals surface area contributed by atoms with Crippen molar-refractivity contribution in [2.45, 2.75) is 194 Å². The van der Waals surface area contributed by atoms with E-state index in [1.54, 1.807) is 5.57 Å². The van der Waals surface area contributed by atoms with Crippen LogP contribution in [0.4, 0.5) is 0 Å². The monoisotopic (exact) mass is 565 g/mol. The molecular weight excluding hydrogens is 496 g/mol. The number of rotatable bonds is 31. The summed E-state index contributed by atoms with van der Waals surface area (Å²) in [5.41, 5.74) is 1.71. The van der Waals surface area contributed by atoms with Crippen LogP contribution in [-0.2, 0) is 9.59 Å². The van der Waals surface area contributed by atoms with Crippen LogP contribution >= 0.6 is 0 Å². The average molecular weight is 565 g/mol. The summed E-state index contributed by atoms with van der Waals surface area (Å²) < 4.78 is 0. The summed E-state index contributed by atoms with van der Waals surface area (Å²) in [4.78, 5) is 21.6. The smallest absolute Gasteiger partial charge is 0.303 e. The molecule has 0 amide bonds.